The van der Waals surface area contributed by atoms with Crippen molar-refractivity contribution in [3.05, 3.63) is 11.6 Å². The van der Waals surface area contributed by atoms with Crippen LogP contribution in [-0.2, 0) is 0 Å². The highest BCUT2D eigenvalue weighted by Crippen LogP contribution is 2.22. The fourth-order valence-electron chi connectivity index (χ4n) is 2.14. The van der Waals surface area contributed by atoms with Crippen molar-refractivity contribution in [2.45, 2.75) is 57.8 Å². The summed E-state index contributed by atoms with van der Waals surface area (Å²) in [4.78, 5) is 0. The molecule has 0 saturated carbocycles. The van der Waals surface area contributed by atoms with Gasteiger partial charge in [0.1, 0.15) is 0 Å². The first-order valence-electron chi connectivity index (χ1n) is 6.26. The van der Waals surface area contributed by atoms with Crippen LogP contribution in [0.25, 0.3) is 0 Å². The summed E-state index contributed by atoms with van der Waals surface area (Å²) in [5.74, 6) is 0. The van der Waals surface area contributed by atoms with Crippen molar-refractivity contribution in [2.75, 3.05) is 13.6 Å². The minimum Gasteiger partial charge on any atom is -0.320 e. The Morgan fingerprint density at radius 2 is 2.00 bits per heavy atom. The van der Waals surface area contributed by atoms with Gasteiger partial charge in [-0.25, -0.2) is 0 Å². The maximum Gasteiger partial charge on any atom is -0.00519 e. The van der Waals surface area contributed by atoms with E-state index in [-0.39, 0.29) is 0 Å². The Bertz CT molecular complexity index is 161. The van der Waals surface area contributed by atoms with Gasteiger partial charge < -0.3 is 5.32 Å². The molecule has 0 aromatic carbocycles. The van der Waals surface area contributed by atoms with Gasteiger partial charge in [0.05, 0.1) is 0 Å². The molecule has 0 atom stereocenters. The van der Waals surface area contributed by atoms with Crippen LogP contribution in [0.3, 0.4) is 0 Å². The van der Waals surface area contributed by atoms with Gasteiger partial charge in [0.25, 0.3) is 0 Å². The van der Waals surface area contributed by atoms with E-state index < -0.39 is 0 Å². The van der Waals surface area contributed by atoms with E-state index in [4.69, 9.17) is 0 Å². The molecule has 1 heteroatoms. The lowest BCUT2D eigenvalue weighted by atomic mass is 9.95. The topological polar surface area (TPSA) is 12.0 Å². The number of rotatable bonds is 7. The first-order valence-corrected chi connectivity index (χ1v) is 6.26. The lowest BCUT2D eigenvalue weighted by Gasteiger charge is -2.12. The standard InChI is InChI=1S/C13H25N/c1-14-12-8-3-2-5-9-13-10-6-4-7-11-13/h10,14H,2-9,11-12H2,1H3. The second-order valence-electron chi connectivity index (χ2n) is 4.38. The predicted molar refractivity (Wildman–Crippen MR) is 63.6 cm³/mol. The first-order chi connectivity index (χ1) is 6.93. The lowest BCUT2D eigenvalue weighted by molar-refractivity contribution is 0.596. The molecule has 0 spiro atoms. The van der Waals surface area contributed by atoms with E-state index in [1.807, 2.05) is 7.05 Å². The Hall–Kier alpha value is -0.300. The average Bonchev–Trinajstić information content (AvgIpc) is 2.25. The van der Waals surface area contributed by atoms with E-state index in [1.54, 1.807) is 5.57 Å². The molecule has 1 aliphatic rings. The molecule has 1 aliphatic carbocycles. The number of unbranched alkanes of at least 4 members (excludes halogenated alkanes) is 3. The maximum atomic E-state index is 3.20. The summed E-state index contributed by atoms with van der Waals surface area (Å²) in [6.45, 7) is 1.18. The SMILES string of the molecule is CNCCCCCCC1=CCCCC1. The molecular formula is C13H25N. The summed E-state index contributed by atoms with van der Waals surface area (Å²) in [5, 5.41) is 3.20. The van der Waals surface area contributed by atoms with Crippen LogP contribution < -0.4 is 5.32 Å². The van der Waals surface area contributed by atoms with Gasteiger partial charge in [0.15, 0.2) is 0 Å². The molecule has 14 heavy (non-hydrogen) atoms. The zero-order valence-electron chi connectivity index (χ0n) is 9.65. The number of nitrogens with one attached hydrogen (secondary N) is 1. The summed E-state index contributed by atoms with van der Waals surface area (Å²) < 4.78 is 0. The van der Waals surface area contributed by atoms with Gasteiger partial charge in [-0.1, -0.05) is 24.5 Å². The van der Waals surface area contributed by atoms with Crippen LogP contribution in [-0.4, -0.2) is 13.6 Å². The van der Waals surface area contributed by atoms with E-state index >= 15 is 0 Å². The van der Waals surface area contributed by atoms with E-state index in [0.717, 1.165) is 0 Å². The third-order valence-corrected chi connectivity index (χ3v) is 3.06. The van der Waals surface area contributed by atoms with Gasteiger partial charge >= 0.3 is 0 Å². The molecule has 1 nitrogen and oxygen atoms in total. The fraction of sp³-hybridized carbons (Fsp3) is 0.846. The van der Waals surface area contributed by atoms with Gasteiger partial charge in [0, 0.05) is 0 Å². The highest BCUT2D eigenvalue weighted by Gasteiger charge is 2.02. The van der Waals surface area contributed by atoms with Crippen LogP contribution in [0.1, 0.15) is 57.8 Å². The first kappa shape index (κ1) is 11.8. The van der Waals surface area contributed by atoms with E-state index in [9.17, 15) is 0 Å². The zero-order chi connectivity index (χ0) is 10.1. The quantitative estimate of drug-likeness (QED) is 0.483. The smallest absolute Gasteiger partial charge is 0.00519 e. The molecule has 0 saturated heterocycles. The highest BCUT2D eigenvalue weighted by molar-refractivity contribution is 5.04. The van der Waals surface area contributed by atoms with E-state index in [1.165, 1.54) is 64.3 Å². The molecule has 1 rings (SSSR count). The van der Waals surface area contributed by atoms with Crippen LogP contribution in [0.4, 0.5) is 0 Å². The Morgan fingerprint density at radius 1 is 1.14 bits per heavy atom. The third-order valence-electron chi connectivity index (χ3n) is 3.06. The van der Waals surface area contributed by atoms with Gasteiger partial charge in [-0.2, -0.15) is 0 Å². The van der Waals surface area contributed by atoms with Crippen molar-refractivity contribution < 1.29 is 0 Å². The third kappa shape index (κ3) is 5.43. The lowest BCUT2D eigenvalue weighted by Crippen LogP contribution is -2.06. The molecular weight excluding hydrogens is 170 g/mol. The van der Waals surface area contributed by atoms with Crippen LogP contribution in [0.15, 0.2) is 11.6 Å². The van der Waals surface area contributed by atoms with Crippen molar-refractivity contribution in [2.24, 2.45) is 0 Å². The average molecular weight is 195 g/mol. The van der Waals surface area contributed by atoms with Crippen molar-refractivity contribution in [1.29, 1.82) is 0 Å². The van der Waals surface area contributed by atoms with Gasteiger partial charge in [-0.3, -0.25) is 0 Å². The molecule has 0 unspecified atom stereocenters. The van der Waals surface area contributed by atoms with Crippen molar-refractivity contribution in [3.8, 4) is 0 Å². The Balaban J connectivity index is 1.90. The monoisotopic (exact) mass is 195 g/mol. The molecule has 0 fully saturated rings. The Kier molecular flexibility index (Phi) is 6.77. The summed E-state index contributed by atoms with van der Waals surface area (Å²) in [6, 6.07) is 0. The summed E-state index contributed by atoms with van der Waals surface area (Å²) >= 11 is 0. The number of hydrogen-bond acceptors (Lipinski definition) is 1. The molecule has 0 aromatic heterocycles. The van der Waals surface area contributed by atoms with Crippen molar-refractivity contribution in [1.82, 2.24) is 5.32 Å². The van der Waals surface area contributed by atoms with Crippen molar-refractivity contribution >= 4 is 0 Å². The van der Waals surface area contributed by atoms with E-state index in [2.05, 4.69) is 11.4 Å². The highest BCUT2D eigenvalue weighted by atomic mass is 14.8. The minimum atomic E-state index is 1.18. The van der Waals surface area contributed by atoms with Crippen LogP contribution in [0.2, 0.25) is 0 Å². The molecule has 0 radical (unpaired) electrons. The number of allylic oxidation sites excluding steroid dienone is 2. The van der Waals surface area contributed by atoms with Gasteiger partial charge in [0.2, 0.25) is 0 Å². The molecule has 0 aromatic rings. The zero-order valence-corrected chi connectivity index (χ0v) is 9.65. The predicted octanol–water partition coefficient (Wildman–Crippen LogP) is 3.66. The van der Waals surface area contributed by atoms with Gasteiger partial charge in [-0.05, 0) is 58.5 Å². The number of hydrogen-bond donors (Lipinski definition) is 1. The maximum absolute atomic E-state index is 3.20. The second kappa shape index (κ2) is 8.05. The molecule has 0 aliphatic heterocycles. The molecule has 1 N–H and O–H groups in total. The Labute approximate surface area is 89.0 Å². The van der Waals surface area contributed by atoms with Crippen LogP contribution in [0.5, 0.6) is 0 Å². The molecule has 0 bridgehead atoms. The van der Waals surface area contributed by atoms with E-state index in [0.29, 0.717) is 0 Å². The Morgan fingerprint density at radius 3 is 2.71 bits per heavy atom. The minimum absolute atomic E-state index is 1.18. The fourth-order valence-corrected chi connectivity index (χ4v) is 2.14. The largest absolute Gasteiger partial charge is 0.320 e. The summed E-state index contributed by atoms with van der Waals surface area (Å²) in [7, 11) is 2.03. The second-order valence-corrected chi connectivity index (χ2v) is 4.38. The summed E-state index contributed by atoms with van der Waals surface area (Å²) in [6.07, 6.45) is 15.0. The van der Waals surface area contributed by atoms with Gasteiger partial charge in [-0.15, -0.1) is 0 Å². The molecule has 0 amide bonds. The summed E-state index contributed by atoms with van der Waals surface area (Å²) in [5.41, 5.74) is 1.74. The normalized spacial score (nSPS) is 16.8. The van der Waals surface area contributed by atoms with Crippen LogP contribution in [0, 0.1) is 0 Å². The molecule has 82 valence electrons. The van der Waals surface area contributed by atoms with Crippen LogP contribution >= 0.6 is 0 Å². The molecule has 0 heterocycles. The van der Waals surface area contributed by atoms with Crippen molar-refractivity contribution in [3.63, 3.8) is 0 Å².